The molecule has 0 fully saturated rings. The lowest BCUT2D eigenvalue weighted by atomic mass is 10.2. The molecule has 0 saturated heterocycles. The van der Waals surface area contributed by atoms with Crippen LogP contribution in [0.3, 0.4) is 0 Å². The molecule has 68 valence electrons. The molecule has 1 N–H and O–H groups in total. The molecule has 0 atom stereocenters. The van der Waals surface area contributed by atoms with Crippen LogP contribution in [0.1, 0.15) is 5.56 Å². The fraction of sp³-hybridized carbons (Fsp3) is 0.333. The van der Waals surface area contributed by atoms with E-state index in [4.69, 9.17) is 0 Å². The van der Waals surface area contributed by atoms with Gasteiger partial charge in [-0.2, -0.15) is 0 Å². The average molecular weight is 177 g/mol. The number of nitroso groups, excluding NO2 is 1. The fourth-order valence-electron chi connectivity index (χ4n) is 1.50. The van der Waals surface area contributed by atoms with E-state index in [2.05, 4.69) is 10.6 Å². The van der Waals surface area contributed by atoms with Crippen molar-refractivity contribution < 1.29 is 0 Å². The maximum atomic E-state index is 10.4. The maximum Gasteiger partial charge on any atom is 0.0663 e. The monoisotopic (exact) mass is 177 g/mol. The number of anilines is 1. The molecule has 0 saturated carbocycles. The van der Waals surface area contributed by atoms with Crippen molar-refractivity contribution in [2.24, 2.45) is 5.29 Å². The van der Waals surface area contributed by atoms with E-state index < -0.39 is 0 Å². The van der Waals surface area contributed by atoms with Crippen LogP contribution < -0.4 is 5.32 Å². The molecule has 2 rings (SSSR count). The largest absolute Gasteiger partial charge is 0.383 e. The van der Waals surface area contributed by atoms with Crippen LogP contribution in [0.25, 0.3) is 0 Å². The lowest BCUT2D eigenvalue weighted by molar-refractivity contribution is 0.292. The van der Waals surface area contributed by atoms with Crippen LogP contribution in [0.2, 0.25) is 0 Å². The van der Waals surface area contributed by atoms with Gasteiger partial charge < -0.3 is 5.32 Å². The zero-order chi connectivity index (χ0) is 9.10. The molecule has 0 bridgehead atoms. The second kappa shape index (κ2) is 3.43. The Morgan fingerprint density at radius 3 is 3.08 bits per heavy atom. The second-order valence-electron chi connectivity index (χ2n) is 3.05. The zero-order valence-corrected chi connectivity index (χ0v) is 7.23. The molecule has 0 unspecified atom stereocenters. The third-order valence-electron chi connectivity index (χ3n) is 2.17. The molecule has 1 heterocycles. The smallest absolute Gasteiger partial charge is 0.0663 e. The topological polar surface area (TPSA) is 44.7 Å². The molecule has 4 nitrogen and oxygen atoms in total. The number of nitrogens with zero attached hydrogens (tertiary/aromatic N) is 2. The first-order valence-electron chi connectivity index (χ1n) is 4.30. The molecular formula is C9H11N3O. The Labute approximate surface area is 76.5 Å². The van der Waals surface area contributed by atoms with E-state index in [0.29, 0.717) is 13.1 Å². The van der Waals surface area contributed by atoms with Crippen molar-refractivity contribution in [3.05, 3.63) is 34.7 Å². The Kier molecular flexibility index (Phi) is 2.12. The van der Waals surface area contributed by atoms with Crippen molar-refractivity contribution in [1.29, 1.82) is 0 Å². The predicted molar refractivity (Wildman–Crippen MR) is 51.1 cm³/mol. The van der Waals surface area contributed by atoms with Crippen LogP contribution in [-0.2, 0) is 6.54 Å². The number of hydrogen-bond acceptors (Lipinski definition) is 3. The van der Waals surface area contributed by atoms with Crippen molar-refractivity contribution in [1.82, 2.24) is 5.01 Å². The van der Waals surface area contributed by atoms with Gasteiger partial charge in [0.15, 0.2) is 0 Å². The number of para-hydroxylation sites is 1. The first-order valence-corrected chi connectivity index (χ1v) is 4.30. The highest BCUT2D eigenvalue weighted by Gasteiger charge is 2.11. The van der Waals surface area contributed by atoms with Crippen molar-refractivity contribution >= 4 is 5.69 Å². The Balaban J connectivity index is 2.28. The SMILES string of the molecule is O=NN1CCNc2ccccc2C1. The molecule has 13 heavy (non-hydrogen) atoms. The Morgan fingerprint density at radius 2 is 2.23 bits per heavy atom. The number of benzene rings is 1. The van der Waals surface area contributed by atoms with Crippen LogP contribution in [0, 0.1) is 4.91 Å². The van der Waals surface area contributed by atoms with Gasteiger partial charge in [-0.15, -0.1) is 4.91 Å². The standard InChI is InChI=1S/C9H11N3O/c13-11-12-6-5-10-9-4-2-1-3-8(9)7-12/h1-4,10H,5-7H2. The summed E-state index contributed by atoms with van der Waals surface area (Å²) in [6, 6.07) is 7.97. The van der Waals surface area contributed by atoms with Crippen LogP contribution in [0.15, 0.2) is 29.6 Å². The number of rotatable bonds is 1. The zero-order valence-electron chi connectivity index (χ0n) is 7.23. The van der Waals surface area contributed by atoms with E-state index in [-0.39, 0.29) is 0 Å². The molecule has 1 aromatic rings. The highest BCUT2D eigenvalue weighted by Crippen LogP contribution is 2.19. The maximum absolute atomic E-state index is 10.4. The molecule has 0 amide bonds. The Morgan fingerprint density at radius 1 is 1.38 bits per heavy atom. The average Bonchev–Trinajstić information content (AvgIpc) is 2.38. The summed E-state index contributed by atoms with van der Waals surface area (Å²) in [5, 5.41) is 7.73. The molecule has 0 spiro atoms. The minimum absolute atomic E-state index is 0.604. The summed E-state index contributed by atoms with van der Waals surface area (Å²) in [7, 11) is 0. The molecule has 0 aromatic heterocycles. The van der Waals surface area contributed by atoms with Gasteiger partial charge >= 0.3 is 0 Å². The van der Waals surface area contributed by atoms with Gasteiger partial charge in [0.1, 0.15) is 0 Å². The molecule has 0 aliphatic carbocycles. The lowest BCUT2D eigenvalue weighted by Crippen LogP contribution is -2.19. The van der Waals surface area contributed by atoms with E-state index in [1.54, 1.807) is 0 Å². The molecule has 1 aliphatic heterocycles. The summed E-state index contributed by atoms with van der Waals surface area (Å²) < 4.78 is 0. The predicted octanol–water partition coefficient (Wildman–Crippen LogP) is 1.60. The van der Waals surface area contributed by atoms with Gasteiger partial charge in [-0.25, -0.2) is 0 Å². The molecule has 1 aromatic carbocycles. The van der Waals surface area contributed by atoms with Crippen LogP contribution in [-0.4, -0.2) is 18.1 Å². The van der Waals surface area contributed by atoms with Crippen molar-refractivity contribution in [2.45, 2.75) is 6.54 Å². The van der Waals surface area contributed by atoms with Crippen LogP contribution in [0.5, 0.6) is 0 Å². The minimum Gasteiger partial charge on any atom is -0.383 e. The first kappa shape index (κ1) is 8.04. The van der Waals surface area contributed by atoms with E-state index in [0.717, 1.165) is 17.8 Å². The van der Waals surface area contributed by atoms with Gasteiger partial charge in [-0.05, 0) is 11.6 Å². The van der Waals surface area contributed by atoms with E-state index >= 15 is 0 Å². The van der Waals surface area contributed by atoms with E-state index in [9.17, 15) is 4.91 Å². The minimum atomic E-state index is 0.604. The van der Waals surface area contributed by atoms with Crippen molar-refractivity contribution in [3.8, 4) is 0 Å². The Hall–Kier alpha value is -1.58. The van der Waals surface area contributed by atoms with Gasteiger partial charge in [-0.1, -0.05) is 18.2 Å². The summed E-state index contributed by atoms with van der Waals surface area (Å²) in [5.41, 5.74) is 2.23. The van der Waals surface area contributed by atoms with E-state index in [1.807, 2.05) is 24.3 Å². The first-order chi connectivity index (χ1) is 6.40. The highest BCUT2D eigenvalue weighted by atomic mass is 16.3. The van der Waals surface area contributed by atoms with Gasteiger partial charge in [-0.3, -0.25) is 5.01 Å². The van der Waals surface area contributed by atoms with Gasteiger partial charge in [0.25, 0.3) is 0 Å². The summed E-state index contributed by atoms with van der Waals surface area (Å²) in [5.74, 6) is 0. The summed E-state index contributed by atoms with van der Waals surface area (Å²) in [4.78, 5) is 10.4. The van der Waals surface area contributed by atoms with Gasteiger partial charge in [0, 0.05) is 12.2 Å². The molecule has 1 aliphatic rings. The van der Waals surface area contributed by atoms with E-state index in [1.165, 1.54) is 5.01 Å². The third kappa shape index (κ3) is 1.61. The van der Waals surface area contributed by atoms with Crippen LogP contribution in [0.4, 0.5) is 5.69 Å². The van der Waals surface area contributed by atoms with Gasteiger partial charge in [0.2, 0.25) is 0 Å². The lowest BCUT2D eigenvalue weighted by Gasteiger charge is -2.10. The third-order valence-corrected chi connectivity index (χ3v) is 2.17. The number of hydrogen-bond donors (Lipinski definition) is 1. The Bertz CT molecular complexity index is 313. The molecule has 0 radical (unpaired) electrons. The quantitative estimate of drug-likeness (QED) is 0.662. The van der Waals surface area contributed by atoms with Crippen LogP contribution >= 0.6 is 0 Å². The summed E-state index contributed by atoms with van der Waals surface area (Å²) in [6.07, 6.45) is 0. The van der Waals surface area contributed by atoms with Gasteiger partial charge in [0.05, 0.1) is 18.4 Å². The number of nitrogens with one attached hydrogen (secondary N) is 1. The normalized spacial score (nSPS) is 15.5. The molecular weight excluding hydrogens is 166 g/mol. The molecule has 4 heteroatoms. The van der Waals surface area contributed by atoms with Crippen molar-refractivity contribution in [3.63, 3.8) is 0 Å². The fourth-order valence-corrected chi connectivity index (χ4v) is 1.50. The summed E-state index contributed by atoms with van der Waals surface area (Å²) >= 11 is 0. The summed E-state index contributed by atoms with van der Waals surface area (Å²) in [6.45, 7) is 2.04. The number of fused-ring (bicyclic) bond motifs is 1. The van der Waals surface area contributed by atoms with Crippen molar-refractivity contribution in [2.75, 3.05) is 18.4 Å². The second-order valence-corrected chi connectivity index (χ2v) is 3.05. The highest BCUT2D eigenvalue weighted by molar-refractivity contribution is 5.51.